The Labute approximate surface area is 78.0 Å². The molecule has 0 saturated carbocycles. The number of aryl methyl sites for hydroxylation is 1. The van der Waals surface area contributed by atoms with Crippen molar-refractivity contribution >= 4 is 17.1 Å². The van der Waals surface area contributed by atoms with Gasteiger partial charge in [0.2, 0.25) is 0 Å². The third kappa shape index (κ3) is 1.22. The first kappa shape index (κ1) is 8.68. The van der Waals surface area contributed by atoms with Crippen LogP contribution >= 0.6 is 0 Å². The molecule has 0 bridgehead atoms. The van der Waals surface area contributed by atoms with Crippen LogP contribution in [0, 0.1) is 12.7 Å². The first-order valence-corrected chi connectivity index (χ1v) is 3.88. The lowest BCUT2D eigenvalue weighted by Crippen LogP contribution is -1.96. The number of oxazole rings is 1. The van der Waals surface area contributed by atoms with Crippen LogP contribution in [0.2, 0.25) is 0 Å². The Bertz CT molecular complexity index is 518. The number of aromatic carboxylic acids is 1. The summed E-state index contributed by atoms with van der Waals surface area (Å²) in [7, 11) is 0. The minimum absolute atomic E-state index is 0.00694. The van der Waals surface area contributed by atoms with Crippen molar-refractivity contribution in [2.75, 3.05) is 0 Å². The Morgan fingerprint density at radius 3 is 2.93 bits per heavy atom. The number of nitrogens with zero attached hydrogens (tertiary/aromatic N) is 1. The monoisotopic (exact) mass is 195 g/mol. The van der Waals surface area contributed by atoms with Crippen molar-refractivity contribution < 1.29 is 18.7 Å². The fourth-order valence-electron chi connectivity index (χ4n) is 1.23. The highest BCUT2D eigenvalue weighted by Crippen LogP contribution is 2.20. The van der Waals surface area contributed by atoms with E-state index in [0.29, 0.717) is 5.89 Å². The number of hydrogen-bond donors (Lipinski definition) is 1. The summed E-state index contributed by atoms with van der Waals surface area (Å²) >= 11 is 0. The number of carboxylic acids is 1. The molecular weight excluding hydrogens is 189 g/mol. The van der Waals surface area contributed by atoms with E-state index >= 15 is 0 Å². The van der Waals surface area contributed by atoms with Gasteiger partial charge in [0.25, 0.3) is 0 Å². The van der Waals surface area contributed by atoms with Gasteiger partial charge in [0.1, 0.15) is 5.52 Å². The van der Waals surface area contributed by atoms with Gasteiger partial charge in [-0.25, -0.2) is 14.2 Å². The molecule has 0 amide bonds. The van der Waals surface area contributed by atoms with Crippen molar-refractivity contribution in [1.29, 1.82) is 0 Å². The number of rotatable bonds is 1. The average molecular weight is 195 g/mol. The number of hydrogen-bond acceptors (Lipinski definition) is 3. The van der Waals surface area contributed by atoms with E-state index in [9.17, 15) is 9.18 Å². The summed E-state index contributed by atoms with van der Waals surface area (Å²) in [4.78, 5) is 14.4. The molecule has 0 aliphatic carbocycles. The molecule has 1 aromatic heterocycles. The summed E-state index contributed by atoms with van der Waals surface area (Å²) in [6, 6.07) is 2.19. The highest BCUT2D eigenvalue weighted by molar-refractivity contribution is 5.92. The van der Waals surface area contributed by atoms with Crippen LogP contribution in [-0.4, -0.2) is 16.1 Å². The number of fused-ring (bicyclic) bond motifs is 1. The van der Waals surface area contributed by atoms with Gasteiger partial charge in [-0.15, -0.1) is 0 Å². The Balaban J connectivity index is 2.77. The maximum absolute atomic E-state index is 13.2. The normalized spacial score (nSPS) is 10.7. The Morgan fingerprint density at radius 1 is 1.57 bits per heavy atom. The highest BCUT2D eigenvalue weighted by Gasteiger charge is 2.13. The van der Waals surface area contributed by atoms with Crippen molar-refractivity contribution in [3.05, 3.63) is 29.4 Å². The van der Waals surface area contributed by atoms with E-state index in [-0.39, 0.29) is 16.7 Å². The van der Waals surface area contributed by atoms with E-state index in [1.807, 2.05) is 0 Å². The number of carbonyl (C=O) groups is 1. The van der Waals surface area contributed by atoms with Gasteiger partial charge in [0, 0.05) is 6.92 Å². The summed E-state index contributed by atoms with van der Waals surface area (Å²) in [5.74, 6) is -1.59. The fraction of sp³-hybridized carbons (Fsp3) is 0.111. The topological polar surface area (TPSA) is 63.3 Å². The number of carboxylic acid groups (broad SMARTS) is 1. The van der Waals surface area contributed by atoms with Gasteiger partial charge in [0.05, 0.1) is 5.56 Å². The van der Waals surface area contributed by atoms with Crippen LogP contribution in [0.3, 0.4) is 0 Å². The van der Waals surface area contributed by atoms with Gasteiger partial charge in [-0.3, -0.25) is 0 Å². The Morgan fingerprint density at radius 2 is 2.29 bits per heavy atom. The molecule has 0 fully saturated rings. The second-order valence-electron chi connectivity index (χ2n) is 2.84. The van der Waals surface area contributed by atoms with E-state index < -0.39 is 11.8 Å². The third-order valence-electron chi connectivity index (χ3n) is 1.80. The molecule has 14 heavy (non-hydrogen) atoms. The minimum atomic E-state index is -1.19. The molecule has 2 rings (SSSR count). The van der Waals surface area contributed by atoms with Gasteiger partial charge in [-0.1, -0.05) is 0 Å². The molecule has 72 valence electrons. The molecule has 0 radical (unpaired) electrons. The predicted molar refractivity (Wildman–Crippen MR) is 45.7 cm³/mol. The maximum atomic E-state index is 13.2. The highest BCUT2D eigenvalue weighted by atomic mass is 19.1. The zero-order valence-corrected chi connectivity index (χ0v) is 7.24. The van der Waals surface area contributed by atoms with Crippen molar-refractivity contribution in [2.45, 2.75) is 6.92 Å². The molecule has 5 heteroatoms. The summed E-state index contributed by atoms with van der Waals surface area (Å²) in [6.07, 6.45) is 0. The standard InChI is InChI=1S/C9H6FNO3/c1-4-11-7-3-5(9(12)13)2-6(10)8(7)14-4/h2-3H,1H3,(H,12,13). The van der Waals surface area contributed by atoms with Gasteiger partial charge < -0.3 is 9.52 Å². The first-order chi connectivity index (χ1) is 6.58. The largest absolute Gasteiger partial charge is 0.478 e. The molecule has 0 spiro atoms. The minimum Gasteiger partial charge on any atom is -0.478 e. The fourth-order valence-corrected chi connectivity index (χ4v) is 1.23. The van der Waals surface area contributed by atoms with Gasteiger partial charge in [0.15, 0.2) is 17.3 Å². The maximum Gasteiger partial charge on any atom is 0.335 e. The van der Waals surface area contributed by atoms with E-state index in [0.717, 1.165) is 6.07 Å². The molecule has 2 aromatic rings. The van der Waals surface area contributed by atoms with E-state index in [1.54, 1.807) is 6.92 Å². The summed E-state index contributed by atoms with van der Waals surface area (Å²) < 4.78 is 18.2. The number of aromatic nitrogens is 1. The van der Waals surface area contributed by atoms with Crippen LogP contribution in [0.25, 0.3) is 11.1 Å². The lowest BCUT2D eigenvalue weighted by atomic mass is 10.2. The van der Waals surface area contributed by atoms with E-state index in [4.69, 9.17) is 9.52 Å². The quantitative estimate of drug-likeness (QED) is 0.755. The lowest BCUT2D eigenvalue weighted by Gasteiger charge is -1.94. The van der Waals surface area contributed by atoms with Crippen LogP contribution in [0.5, 0.6) is 0 Å². The molecule has 1 N–H and O–H groups in total. The lowest BCUT2D eigenvalue weighted by molar-refractivity contribution is 0.0696. The molecule has 0 atom stereocenters. The summed E-state index contributed by atoms with van der Waals surface area (Å²) in [5.41, 5.74) is 0.0794. The van der Waals surface area contributed by atoms with Crippen LogP contribution in [0.1, 0.15) is 16.2 Å². The summed E-state index contributed by atoms with van der Waals surface area (Å²) in [6.45, 7) is 1.57. The second kappa shape index (κ2) is 2.80. The molecule has 1 aromatic carbocycles. The molecule has 0 saturated heterocycles. The van der Waals surface area contributed by atoms with Crippen molar-refractivity contribution in [3.8, 4) is 0 Å². The van der Waals surface area contributed by atoms with Crippen molar-refractivity contribution in [1.82, 2.24) is 4.98 Å². The number of halogens is 1. The smallest absolute Gasteiger partial charge is 0.335 e. The van der Waals surface area contributed by atoms with Gasteiger partial charge >= 0.3 is 5.97 Å². The van der Waals surface area contributed by atoms with Crippen molar-refractivity contribution in [3.63, 3.8) is 0 Å². The van der Waals surface area contributed by atoms with E-state index in [2.05, 4.69) is 4.98 Å². The average Bonchev–Trinajstić information content (AvgIpc) is 2.45. The molecular formula is C9H6FNO3. The van der Waals surface area contributed by atoms with Crippen LogP contribution < -0.4 is 0 Å². The zero-order valence-electron chi connectivity index (χ0n) is 7.24. The SMILES string of the molecule is Cc1nc2cc(C(=O)O)cc(F)c2o1. The van der Waals surface area contributed by atoms with Crippen LogP contribution in [-0.2, 0) is 0 Å². The molecule has 0 aliphatic rings. The van der Waals surface area contributed by atoms with Gasteiger partial charge in [-0.2, -0.15) is 0 Å². The van der Waals surface area contributed by atoms with E-state index in [1.165, 1.54) is 6.07 Å². The zero-order chi connectivity index (χ0) is 10.3. The molecule has 0 aliphatic heterocycles. The Hall–Kier alpha value is -1.91. The Kier molecular flexibility index (Phi) is 1.73. The van der Waals surface area contributed by atoms with Crippen LogP contribution in [0.4, 0.5) is 4.39 Å². The molecule has 0 unspecified atom stereocenters. The molecule has 4 nitrogen and oxygen atoms in total. The predicted octanol–water partition coefficient (Wildman–Crippen LogP) is 1.97. The first-order valence-electron chi connectivity index (χ1n) is 3.88. The third-order valence-corrected chi connectivity index (χ3v) is 1.80. The number of benzene rings is 1. The second-order valence-corrected chi connectivity index (χ2v) is 2.84. The summed E-state index contributed by atoms with van der Waals surface area (Å²) in [5, 5.41) is 8.65. The molecule has 1 heterocycles. The van der Waals surface area contributed by atoms with Crippen molar-refractivity contribution in [2.24, 2.45) is 0 Å². The van der Waals surface area contributed by atoms with Crippen LogP contribution in [0.15, 0.2) is 16.5 Å². The van der Waals surface area contributed by atoms with Gasteiger partial charge in [-0.05, 0) is 12.1 Å².